The number of nitrogens with one attached hydrogen (secondary N) is 2. The van der Waals surface area contributed by atoms with E-state index in [0.29, 0.717) is 0 Å². The summed E-state index contributed by atoms with van der Waals surface area (Å²) in [5.74, 6) is -1.23. The first kappa shape index (κ1) is 19.6. The first-order valence-corrected chi connectivity index (χ1v) is 9.37. The normalized spacial score (nSPS) is 12.2. The molecule has 1 atom stereocenters. The lowest BCUT2D eigenvalue weighted by Crippen LogP contribution is -2.27. The SMILES string of the molecule is CNC(=O)COC(=O)c1cccc(S(=O)(=O)N[C@H](C)c2ccccc2)c1. The molecule has 0 aliphatic heterocycles. The molecule has 0 heterocycles. The number of carbonyl (C=O) groups excluding carboxylic acids is 2. The number of benzene rings is 2. The molecule has 0 aliphatic rings. The zero-order valence-electron chi connectivity index (χ0n) is 14.4. The van der Waals surface area contributed by atoms with Crippen molar-refractivity contribution in [3.05, 3.63) is 65.7 Å². The fraction of sp³-hybridized carbons (Fsp3) is 0.222. The molecule has 2 N–H and O–H groups in total. The van der Waals surface area contributed by atoms with E-state index in [9.17, 15) is 18.0 Å². The zero-order valence-corrected chi connectivity index (χ0v) is 15.2. The lowest BCUT2D eigenvalue weighted by atomic mass is 10.1. The Morgan fingerprint density at radius 3 is 2.42 bits per heavy atom. The van der Waals surface area contributed by atoms with Crippen molar-refractivity contribution in [2.24, 2.45) is 0 Å². The van der Waals surface area contributed by atoms with E-state index in [1.165, 1.54) is 31.3 Å². The van der Waals surface area contributed by atoms with Crippen LogP contribution in [0.2, 0.25) is 0 Å². The second-order valence-electron chi connectivity index (χ2n) is 5.53. The quantitative estimate of drug-likeness (QED) is 0.715. The van der Waals surface area contributed by atoms with E-state index in [4.69, 9.17) is 4.74 Å². The molecule has 7 nitrogen and oxygen atoms in total. The Hall–Kier alpha value is -2.71. The summed E-state index contributed by atoms with van der Waals surface area (Å²) in [4.78, 5) is 23.0. The summed E-state index contributed by atoms with van der Waals surface area (Å²) in [5.41, 5.74) is 0.862. The molecule has 0 radical (unpaired) electrons. The highest BCUT2D eigenvalue weighted by atomic mass is 32.2. The van der Waals surface area contributed by atoms with Crippen LogP contribution in [0.25, 0.3) is 0 Å². The van der Waals surface area contributed by atoms with E-state index < -0.39 is 34.5 Å². The van der Waals surface area contributed by atoms with Gasteiger partial charge < -0.3 is 10.1 Å². The zero-order chi connectivity index (χ0) is 19.2. The largest absolute Gasteiger partial charge is 0.452 e. The van der Waals surface area contributed by atoms with Crippen LogP contribution < -0.4 is 10.0 Å². The van der Waals surface area contributed by atoms with Crippen LogP contribution in [0.3, 0.4) is 0 Å². The van der Waals surface area contributed by atoms with Crippen molar-refractivity contribution in [2.75, 3.05) is 13.7 Å². The molecular formula is C18H20N2O5S. The van der Waals surface area contributed by atoms with Gasteiger partial charge >= 0.3 is 5.97 Å². The molecule has 1 amide bonds. The third-order valence-corrected chi connectivity index (χ3v) is 5.16. The molecule has 0 bridgehead atoms. The lowest BCUT2D eigenvalue weighted by molar-refractivity contribution is -0.123. The fourth-order valence-corrected chi connectivity index (χ4v) is 3.46. The third-order valence-electron chi connectivity index (χ3n) is 3.62. The number of rotatable bonds is 7. The minimum absolute atomic E-state index is 0.0455. The standard InChI is InChI=1S/C18H20N2O5S/c1-13(14-7-4-3-5-8-14)20-26(23,24)16-10-6-9-15(11-16)18(22)25-12-17(21)19-2/h3-11,13,20H,12H2,1-2H3,(H,19,21)/t13-/m1/s1. The highest BCUT2D eigenvalue weighted by Gasteiger charge is 2.20. The van der Waals surface area contributed by atoms with Crippen LogP contribution in [-0.4, -0.2) is 33.9 Å². The van der Waals surface area contributed by atoms with E-state index in [1.54, 1.807) is 6.92 Å². The van der Waals surface area contributed by atoms with Gasteiger partial charge in [0.2, 0.25) is 10.0 Å². The Labute approximate surface area is 152 Å². The van der Waals surface area contributed by atoms with Gasteiger partial charge in [0.15, 0.2) is 6.61 Å². The van der Waals surface area contributed by atoms with Crippen LogP contribution in [0, 0.1) is 0 Å². The van der Waals surface area contributed by atoms with Gasteiger partial charge in [-0.2, -0.15) is 0 Å². The molecule has 0 spiro atoms. The monoisotopic (exact) mass is 376 g/mol. The van der Waals surface area contributed by atoms with Crippen molar-refractivity contribution in [3.8, 4) is 0 Å². The van der Waals surface area contributed by atoms with Crippen LogP contribution in [-0.2, 0) is 19.6 Å². The molecule has 138 valence electrons. The minimum atomic E-state index is -3.84. The van der Waals surface area contributed by atoms with Gasteiger partial charge in [0.1, 0.15) is 0 Å². The summed E-state index contributed by atoms with van der Waals surface area (Å²) in [7, 11) is -2.42. The molecule has 8 heteroatoms. The predicted molar refractivity (Wildman–Crippen MR) is 96.0 cm³/mol. The van der Waals surface area contributed by atoms with Crippen LogP contribution in [0.15, 0.2) is 59.5 Å². The Bertz CT molecular complexity index is 881. The summed E-state index contributed by atoms with van der Waals surface area (Å²) in [6.45, 7) is 1.30. The average molecular weight is 376 g/mol. The number of hydrogen-bond donors (Lipinski definition) is 2. The summed E-state index contributed by atoms with van der Waals surface area (Å²) in [6, 6.07) is 14.2. The van der Waals surface area contributed by atoms with Gasteiger partial charge in [-0.25, -0.2) is 17.9 Å². The van der Waals surface area contributed by atoms with E-state index in [-0.39, 0.29) is 10.5 Å². The van der Waals surface area contributed by atoms with E-state index in [1.807, 2.05) is 30.3 Å². The van der Waals surface area contributed by atoms with Gasteiger partial charge in [-0.3, -0.25) is 4.79 Å². The van der Waals surface area contributed by atoms with Crippen LogP contribution in [0.1, 0.15) is 28.9 Å². The molecular weight excluding hydrogens is 356 g/mol. The number of carbonyl (C=O) groups is 2. The van der Waals surface area contributed by atoms with Crippen molar-refractivity contribution in [1.82, 2.24) is 10.0 Å². The first-order valence-electron chi connectivity index (χ1n) is 7.88. The van der Waals surface area contributed by atoms with Gasteiger partial charge in [-0.1, -0.05) is 36.4 Å². The summed E-state index contributed by atoms with van der Waals surface area (Å²) < 4.78 is 32.6. The van der Waals surface area contributed by atoms with Gasteiger partial charge in [-0.05, 0) is 30.7 Å². The van der Waals surface area contributed by atoms with Gasteiger partial charge in [0, 0.05) is 13.1 Å². The number of ether oxygens (including phenoxy) is 1. The Kier molecular flexibility index (Phi) is 6.48. The number of amides is 1. The smallest absolute Gasteiger partial charge is 0.338 e. The minimum Gasteiger partial charge on any atom is -0.452 e. The van der Waals surface area contributed by atoms with E-state index >= 15 is 0 Å². The van der Waals surface area contributed by atoms with Crippen molar-refractivity contribution < 1.29 is 22.7 Å². The molecule has 0 aliphatic carbocycles. The topological polar surface area (TPSA) is 102 Å². The molecule has 2 aromatic rings. The number of esters is 1. The molecule has 0 saturated heterocycles. The highest BCUT2D eigenvalue weighted by molar-refractivity contribution is 7.89. The van der Waals surface area contributed by atoms with Crippen LogP contribution in [0.5, 0.6) is 0 Å². The molecule has 26 heavy (non-hydrogen) atoms. The molecule has 0 unspecified atom stereocenters. The van der Waals surface area contributed by atoms with Crippen molar-refractivity contribution in [2.45, 2.75) is 17.9 Å². The Morgan fingerprint density at radius 2 is 1.77 bits per heavy atom. The van der Waals surface area contributed by atoms with E-state index in [0.717, 1.165) is 5.56 Å². The maximum absolute atomic E-state index is 12.6. The third kappa shape index (κ3) is 5.14. The molecule has 0 aromatic heterocycles. The second kappa shape index (κ2) is 8.59. The average Bonchev–Trinajstić information content (AvgIpc) is 2.66. The van der Waals surface area contributed by atoms with Gasteiger partial charge in [0.05, 0.1) is 10.5 Å². The molecule has 0 fully saturated rings. The molecule has 2 rings (SSSR count). The lowest BCUT2D eigenvalue weighted by Gasteiger charge is -2.15. The summed E-state index contributed by atoms with van der Waals surface area (Å²) in [5, 5.41) is 2.32. The van der Waals surface area contributed by atoms with Crippen LogP contribution in [0.4, 0.5) is 0 Å². The molecule has 2 aromatic carbocycles. The summed E-state index contributed by atoms with van der Waals surface area (Å²) >= 11 is 0. The second-order valence-corrected chi connectivity index (χ2v) is 7.24. The Balaban J connectivity index is 2.14. The van der Waals surface area contributed by atoms with Crippen molar-refractivity contribution in [3.63, 3.8) is 0 Å². The first-order chi connectivity index (χ1) is 12.3. The predicted octanol–water partition coefficient (Wildman–Crippen LogP) is 1.63. The maximum Gasteiger partial charge on any atom is 0.338 e. The van der Waals surface area contributed by atoms with E-state index in [2.05, 4.69) is 10.0 Å². The maximum atomic E-state index is 12.6. The molecule has 0 saturated carbocycles. The summed E-state index contributed by atoms with van der Waals surface area (Å²) in [6.07, 6.45) is 0. The van der Waals surface area contributed by atoms with Gasteiger partial charge in [0.25, 0.3) is 5.91 Å². The Morgan fingerprint density at radius 1 is 1.08 bits per heavy atom. The van der Waals surface area contributed by atoms with Gasteiger partial charge in [-0.15, -0.1) is 0 Å². The van der Waals surface area contributed by atoms with Crippen molar-refractivity contribution in [1.29, 1.82) is 0 Å². The fourth-order valence-electron chi connectivity index (χ4n) is 2.19. The van der Waals surface area contributed by atoms with Crippen LogP contribution >= 0.6 is 0 Å². The number of likely N-dealkylation sites (N-methyl/N-ethyl adjacent to an activating group) is 1. The number of hydrogen-bond acceptors (Lipinski definition) is 5. The highest BCUT2D eigenvalue weighted by Crippen LogP contribution is 2.18. The van der Waals surface area contributed by atoms with Crippen molar-refractivity contribution >= 4 is 21.9 Å². The number of sulfonamides is 1.